The van der Waals surface area contributed by atoms with E-state index in [-0.39, 0.29) is 0 Å². The average molecular weight is 232 g/mol. The molecule has 0 aromatic heterocycles. The van der Waals surface area contributed by atoms with Crippen LogP contribution in [-0.4, -0.2) is 19.6 Å². The fourth-order valence-corrected chi connectivity index (χ4v) is 2.59. The van der Waals surface area contributed by atoms with E-state index in [4.69, 9.17) is 0 Å². The first-order chi connectivity index (χ1) is 8.40. The van der Waals surface area contributed by atoms with Gasteiger partial charge in [0.15, 0.2) is 0 Å². The Kier molecular flexibility index (Phi) is 5.02. The van der Waals surface area contributed by atoms with Gasteiger partial charge < -0.3 is 10.6 Å². The van der Waals surface area contributed by atoms with Gasteiger partial charge in [-0.25, -0.2) is 0 Å². The van der Waals surface area contributed by atoms with Crippen molar-refractivity contribution in [1.29, 1.82) is 0 Å². The molecule has 1 aliphatic rings. The number of benzene rings is 1. The molecule has 1 heterocycles. The molecule has 0 spiro atoms. The Labute approximate surface area is 105 Å². The molecule has 0 saturated carbocycles. The van der Waals surface area contributed by atoms with Gasteiger partial charge in [-0.3, -0.25) is 0 Å². The minimum Gasteiger partial charge on any atom is -0.316 e. The summed E-state index contributed by atoms with van der Waals surface area (Å²) in [5.41, 5.74) is 1.42. The quantitative estimate of drug-likeness (QED) is 0.815. The fourth-order valence-electron chi connectivity index (χ4n) is 2.59. The molecule has 0 aliphatic carbocycles. The van der Waals surface area contributed by atoms with Crippen LogP contribution in [0.1, 0.15) is 37.8 Å². The largest absolute Gasteiger partial charge is 0.316 e. The number of hydrogen-bond donors (Lipinski definition) is 2. The van der Waals surface area contributed by atoms with Gasteiger partial charge in [0.05, 0.1) is 0 Å². The number of hydrogen-bond acceptors (Lipinski definition) is 2. The lowest BCUT2D eigenvalue weighted by Crippen LogP contribution is -2.37. The van der Waals surface area contributed by atoms with Crippen LogP contribution in [0.25, 0.3) is 0 Å². The maximum Gasteiger partial charge on any atom is 0.0317 e. The van der Waals surface area contributed by atoms with Crippen molar-refractivity contribution in [2.75, 3.05) is 19.6 Å². The molecular weight excluding hydrogens is 208 g/mol. The minimum atomic E-state index is 0.512. The summed E-state index contributed by atoms with van der Waals surface area (Å²) in [7, 11) is 0. The van der Waals surface area contributed by atoms with Crippen LogP contribution in [0.4, 0.5) is 0 Å². The number of rotatable bonds is 5. The summed E-state index contributed by atoms with van der Waals surface area (Å²) in [6.45, 7) is 5.77. The highest BCUT2D eigenvalue weighted by Crippen LogP contribution is 2.17. The van der Waals surface area contributed by atoms with Crippen molar-refractivity contribution in [3.63, 3.8) is 0 Å². The summed E-state index contributed by atoms with van der Waals surface area (Å²) in [5.74, 6) is 0.807. The van der Waals surface area contributed by atoms with Crippen molar-refractivity contribution in [2.45, 2.75) is 32.2 Å². The molecular formula is C15H24N2. The molecule has 0 bridgehead atoms. The highest BCUT2D eigenvalue weighted by atomic mass is 14.9. The van der Waals surface area contributed by atoms with Crippen LogP contribution < -0.4 is 10.6 Å². The zero-order valence-electron chi connectivity index (χ0n) is 10.8. The van der Waals surface area contributed by atoms with Crippen LogP contribution in [-0.2, 0) is 0 Å². The Bertz CT molecular complexity index is 304. The van der Waals surface area contributed by atoms with Crippen molar-refractivity contribution >= 4 is 0 Å². The topological polar surface area (TPSA) is 24.1 Å². The third kappa shape index (κ3) is 3.83. The fraction of sp³-hybridized carbons (Fsp3) is 0.600. The molecule has 1 aromatic carbocycles. The van der Waals surface area contributed by atoms with E-state index in [0.717, 1.165) is 18.9 Å². The van der Waals surface area contributed by atoms with Crippen LogP contribution >= 0.6 is 0 Å². The Morgan fingerprint density at radius 3 is 2.82 bits per heavy atom. The zero-order valence-corrected chi connectivity index (χ0v) is 10.8. The molecule has 2 heteroatoms. The van der Waals surface area contributed by atoms with Crippen molar-refractivity contribution in [3.8, 4) is 0 Å². The Balaban J connectivity index is 1.83. The van der Waals surface area contributed by atoms with Crippen molar-refractivity contribution in [3.05, 3.63) is 35.9 Å². The van der Waals surface area contributed by atoms with Crippen LogP contribution in [0.5, 0.6) is 0 Å². The van der Waals surface area contributed by atoms with E-state index >= 15 is 0 Å². The maximum absolute atomic E-state index is 3.72. The van der Waals surface area contributed by atoms with Crippen LogP contribution in [0.3, 0.4) is 0 Å². The summed E-state index contributed by atoms with van der Waals surface area (Å²) < 4.78 is 0. The van der Waals surface area contributed by atoms with Gasteiger partial charge in [-0.1, -0.05) is 37.3 Å². The van der Waals surface area contributed by atoms with Gasteiger partial charge in [0.2, 0.25) is 0 Å². The van der Waals surface area contributed by atoms with Gasteiger partial charge in [0.1, 0.15) is 0 Å². The number of nitrogens with one attached hydrogen (secondary N) is 2. The first-order valence-corrected chi connectivity index (χ1v) is 6.89. The van der Waals surface area contributed by atoms with E-state index in [1.54, 1.807) is 0 Å². The Morgan fingerprint density at radius 1 is 1.35 bits per heavy atom. The standard InChI is InChI=1S/C15H24N2/c1-2-15(14-8-4-3-5-9-14)17-12-13-7-6-10-16-11-13/h3-5,8-9,13,15-17H,2,6-7,10-12H2,1H3. The van der Waals surface area contributed by atoms with Crippen molar-refractivity contribution in [1.82, 2.24) is 10.6 Å². The predicted octanol–water partition coefficient (Wildman–Crippen LogP) is 2.73. The molecule has 1 aromatic rings. The normalized spacial score (nSPS) is 22.3. The van der Waals surface area contributed by atoms with Gasteiger partial charge in [0.25, 0.3) is 0 Å². The molecule has 2 unspecified atom stereocenters. The molecule has 2 N–H and O–H groups in total. The summed E-state index contributed by atoms with van der Waals surface area (Å²) in [6.07, 6.45) is 3.85. The summed E-state index contributed by atoms with van der Waals surface area (Å²) in [4.78, 5) is 0. The van der Waals surface area contributed by atoms with Crippen molar-refractivity contribution < 1.29 is 0 Å². The Morgan fingerprint density at radius 2 is 2.18 bits per heavy atom. The van der Waals surface area contributed by atoms with Gasteiger partial charge in [0, 0.05) is 6.04 Å². The predicted molar refractivity (Wildman–Crippen MR) is 73.1 cm³/mol. The van der Waals surface area contributed by atoms with E-state index in [0.29, 0.717) is 6.04 Å². The number of piperidine rings is 1. The van der Waals surface area contributed by atoms with E-state index in [9.17, 15) is 0 Å². The second-order valence-corrected chi connectivity index (χ2v) is 4.99. The molecule has 1 fully saturated rings. The molecule has 2 nitrogen and oxygen atoms in total. The third-order valence-corrected chi connectivity index (χ3v) is 3.66. The smallest absolute Gasteiger partial charge is 0.0317 e. The summed E-state index contributed by atoms with van der Waals surface area (Å²) in [6, 6.07) is 11.3. The zero-order chi connectivity index (χ0) is 11.9. The summed E-state index contributed by atoms with van der Waals surface area (Å²) >= 11 is 0. The molecule has 1 saturated heterocycles. The van der Waals surface area contributed by atoms with E-state index in [1.165, 1.54) is 31.5 Å². The molecule has 94 valence electrons. The first kappa shape index (κ1) is 12.6. The molecule has 1 aliphatic heterocycles. The molecule has 0 radical (unpaired) electrons. The van der Waals surface area contributed by atoms with E-state index in [2.05, 4.69) is 47.9 Å². The van der Waals surface area contributed by atoms with Crippen LogP contribution in [0.2, 0.25) is 0 Å². The lowest BCUT2D eigenvalue weighted by atomic mass is 9.98. The molecule has 2 atom stereocenters. The third-order valence-electron chi connectivity index (χ3n) is 3.66. The molecule has 17 heavy (non-hydrogen) atoms. The first-order valence-electron chi connectivity index (χ1n) is 6.89. The van der Waals surface area contributed by atoms with Gasteiger partial charge in [-0.2, -0.15) is 0 Å². The highest BCUT2D eigenvalue weighted by Gasteiger charge is 2.15. The van der Waals surface area contributed by atoms with Gasteiger partial charge in [-0.05, 0) is 50.4 Å². The lowest BCUT2D eigenvalue weighted by Gasteiger charge is -2.26. The monoisotopic (exact) mass is 232 g/mol. The second-order valence-electron chi connectivity index (χ2n) is 4.99. The average Bonchev–Trinajstić information content (AvgIpc) is 2.42. The highest BCUT2D eigenvalue weighted by molar-refractivity contribution is 5.18. The van der Waals surface area contributed by atoms with Crippen LogP contribution in [0, 0.1) is 5.92 Å². The van der Waals surface area contributed by atoms with Crippen LogP contribution in [0.15, 0.2) is 30.3 Å². The van der Waals surface area contributed by atoms with Crippen molar-refractivity contribution in [2.24, 2.45) is 5.92 Å². The summed E-state index contributed by atoms with van der Waals surface area (Å²) in [5, 5.41) is 7.19. The lowest BCUT2D eigenvalue weighted by molar-refractivity contribution is 0.342. The van der Waals surface area contributed by atoms with E-state index in [1.807, 2.05) is 0 Å². The van der Waals surface area contributed by atoms with E-state index < -0.39 is 0 Å². The molecule has 2 rings (SSSR count). The second kappa shape index (κ2) is 6.77. The maximum atomic E-state index is 3.72. The van der Waals surface area contributed by atoms with Gasteiger partial charge in [-0.15, -0.1) is 0 Å². The Hall–Kier alpha value is -0.860. The SMILES string of the molecule is CCC(NCC1CCCNC1)c1ccccc1. The molecule has 0 amide bonds. The minimum absolute atomic E-state index is 0.512. The van der Waals surface area contributed by atoms with Gasteiger partial charge >= 0.3 is 0 Å².